The normalized spacial score (nSPS) is 12.2. The van der Waals surface area contributed by atoms with Gasteiger partial charge in [0.25, 0.3) is 0 Å². The number of phenols is 1. The summed E-state index contributed by atoms with van der Waals surface area (Å²) < 4.78 is 13.2. The molecule has 0 bridgehead atoms. The third kappa shape index (κ3) is 3.05. The first kappa shape index (κ1) is 13.4. The van der Waals surface area contributed by atoms with Gasteiger partial charge in [0.2, 0.25) is 0 Å². The Morgan fingerprint density at radius 3 is 2.53 bits per heavy atom. The predicted octanol–water partition coefficient (Wildman–Crippen LogP) is 4.32. The van der Waals surface area contributed by atoms with Crippen molar-refractivity contribution in [1.29, 1.82) is 0 Å². The first-order valence-electron chi connectivity index (χ1n) is 6.29. The van der Waals surface area contributed by atoms with Gasteiger partial charge in [0.15, 0.2) is 0 Å². The molecule has 0 fully saturated rings. The van der Waals surface area contributed by atoms with Gasteiger partial charge in [-0.2, -0.15) is 0 Å². The summed E-state index contributed by atoms with van der Waals surface area (Å²) in [6.45, 7) is 5.79. The summed E-state index contributed by atoms with van der Waals surface area (Å²) in [6.07, 6.45) is 0. The maximum absolute atomic E-state index is 13.2. The smallest absolute Gasteiger partial charge is 0.125 e. The van der Waals surface area contributed by atoms with Crippen LogP contribution in [0.2, 0.25) is 0 Å². The minimum Gasteiger partial charge on any atom is -0.508 e. The van der Waals surface area contributed by atoms with Gasteiger partial charge in [-0.15, -0.1) is 0 Å². The number of benzene rings is 2. The lowest BCUT2D eigenvalue weighted by Gasteiger charge is -2.18. The summed E-state index contributed by atoms with van der Waals surface area (Å²) >= 11 is 0. The molecule has 2 aromatic carbocycles. The molecule has 0 saturated heterocycles. The van der Waals surface area contributed by atoms with Crippen LogP contribution >= 0.6 is 0 Å². The second-order valence-corrected chi connectivity index (χ2v) is 4.89. The van der Waals surface area contributed by atoms with Crippen molar-refractivity contribution in [2.24, 2.45) is 0 Å². The molecule has 0 spiro atoms. The molecule has 1 atom stereocenters. The predicted molar refractivity (Wildman–Crippen MR) is 76.0 cm³/mol. The molecule has 0 saturated carbocycles. The molecule has 100 valence electrons. The number of anilines is 1. The van der Waals surface area contributed by atoms with Crippen LogP contribution in [0.1, 0.15) is 29.7 Å². The van der Waals surface area contributed by atoms with Crippen molar-refractivity contribution < 1.29 is 9.50 Å². The number of phenolic OH excluding ortho intramolecular Hbond substituents is 1. The van der Waals surface area contributed by atoms with Crippen LogP contribution in [0.25, 0.3) is 0 Å². The van der Waals surface area contributed by atoms with Gasteiger partial charge < -0.3 is 10.4 Å². The number of hydrogen-bond donors (Lipinski definition) is 2. The van der Waals surface area contributed by atoms with Crippen LogP contribution in [0.3, 0.4) is 0 Å². The fourth-order valence-corrected chi connectivity index (χ4v) is 2.08. The van der Waals surface area contributed by atoms with E-state index in [9.17, 15) is 9.50 Å². The number of aromatic hydroxyl groups is 1. The van der Waals surface area contributed by atoms with Crippen LogP contribution in [0.4, 0.5) is 10.1 Å². The van der Waals surface area contributed by atoms with Crippen molar-refractivity contribution in [3.05, 3.63) is 58.9 Å². The highest BCUT2D eigenvalue weighted by atomic mass is 19.1. The molecule has 0 aliphatic heterocycles. The number of halogens is 1. The SMILES string of the molecule is Cc1ccc(C(C)Nc2cc(F)ccc2C)c(O)c1. The van der Waals surface area contributed by atoms with E-state index in [2.05, 4.69) is 5.32 Å². The fourth-order valence-electron chi connectivity index (χ4n) is 2.08. The number of aryl methyl sites for hydroxylation is 2. The summed E-state index contributed by atoms with van der Waals surface area (Å²) in [4.78, 5) is 0. The van der Waals surface area contributed by atoms with E-state index in [1.807, 2.05) is 32.9 Å². The molecule has 0 aromatic heterocycles. The van der Waals surface area contributed by atoms with Crippen LogP contribution in [0.15, 0.2) is 36.4 Å². The van der Waals surface area contributed by atoms with Gasteiger partial charge in [-0.25, -0.2) is 4.39 Å². The maximum Gasteiger partial charge on any atom is 0.125 e. The Balaban J connectivity index is 2.25. The van der Waals surface area contributed by atoms with Crippen LogP contribution in [-0.4, -0.2) is 5.11 Å². The highest BCUT2D eigenvalue weighted by Gasteiger charge is 2.11. The van der Waals surface area contributed by atoms with Crippen LogP contribution < -0.4 is 5.32 Å². The molecule has 0 amide bonds. The van der Waals surface area contributed by atoms with Crippen LogP contribution in [-0.2, 0) is 0 Å². The lowest BCUT2D eigenvalue weighted by atomic mass is 10.0. The van der Waals surface area contributed by atoms with Crippen LogP contribution in [0.5, 0.6) is 5.75 Å². The summed E-state index contributed by atoms with van der Waals surface area (Å²) in [5.74, 6) is -0.0116. The van der Waals surface area contributed by atoms with Gasteiger partial charge >= 0.3 is 0 Å². The van der Waals surface area contributed by atoms with E-state index in [1.54, 1.807) is 12.1 Å². The number of hydrogen-bond acceptors (Lipinski definition) is 2. The van der Waals surface area contributed by atoms with E-state index >= 15 is 0 Å². The first-order valence-corrected chi connectivity index (χ1v) is 6.29. The van der Waals surface area contributed by atoms with Crippen molar-refractivity contribution in [2.45, 2.75) is 26.8 Å². The number of nitrogens with one attached hydrogen (secondary N) is 1. The Kier molecular flexibility index (Phi) is 3.74. The quantitative estimate of drug-likeness (QED) is 0.860. The molecular weight excluding hydrogens is 241 g/mol. The molecule has 2 rings (SSSR count). The largest absolute Gasteiger partial charge is 0.508 e. The van der Waals surface area contributed by atoms with E-state index in [4.69, 9.17) is 0 Å². The van der Waals surface area contributed by atoms with E-state index < -0.39 is 0 Å². The lowest BCUT2D eigenvalue weighted by Crippen LogP contribution is -2.08. The van der Waals surface area contributed by atoms with Gasteiger partial charge in [0.1, 0.15) is 11.6 Å². The molecule has 0 aliphatic carbocycles. The first-order chi connectivity index (χ1) is 8.97. The molecule has 19 heavy (non-hydrogen) atoms. The Morgan fingerprint density at radius 2 is 1.84 bits per heavy atom. The summed E-state index contributed by atoms with van der Waals surface area (Å²) in [6, 6.07) is 10.1. The Labute approximate surface area is 112 Å². The molecular formula is C16H18FNO. The van der Waals surface area contributed by atoms with Gasteiger partial charge in [0, 0.05) is 11.3 Å². The number of rotatable bonds is 3. The third-order valence-corrected chi connectivity index (χ3v) is 3.22. The van der Waals surface area contributed by atoms with Gasteiger partial charge in [-0.3, -0.25) is 0 Å². The van der Waals surface area contributed by atoms with E-state index in [-0.39, 0.29) is 17.6 Å². The zero-order chi connectivity index (χ0) is 14.0. The highest BCUT2D eigenvalue weighted by Crippen LogP contribution is 2.29. The molecule has 2 N–H and O–H groups in total. The molecule has 2 aromatic rings. The summed E-state index contributed by atoms with van der Waals surface area (Å²) in [5.41, 5.74) is 3.52. The topological polar surface area (TPSA) is 32.3 Å². The fraction of sp³-hybridized carbons (Fsp3) is 0.250. The van der Waals surface area contributed by atoms with E-state index in [0.717, 1.165) is 22.4 Å². The molecule has 2 nitrogen and oxygen atoms in total. The zero-order valence-electron chi connectivity index (χ0n) is 11.4. The average Bonchev–Trinajstić information content (AvgIpc) is 2.33. The van der Waals surface area contributed by atoms with Crippen LogP contribution in [0, 0.1) is 19.7 Å². The average molecular weight is 259 g/mol. The van der Waals surface area contributed by atoms with Gasteiger partial charge in [0.05, 0.1) is 6.04 Å². The standard InChI is InChI=1S/C16H18FNO/c1-10-4-7-14(16(19)8-10)12(3)18-15-9-13(17)6-5-11(15)2/h4-9,12,18-19H,1-3H3. The molecule has 1 unspecified atom stereocenters. The Bertz CT molecular complexity index is 595. The highest BCUT2D eigenvalue weighted by molar-refractivity contribution is 5.53. The van der Waals surface area contributed by atoms with Crippen molar-refractivity contribution in [2.75, 3.05) is 5.32 Å². The Hall–Kier alpha value is -2.03. The summed E-state index contributed by atoms with van der Waals surface area (Å²) in [5, 5.41) is 13.2. The van der Waals surface area contributed by atoms with Gasteiger partial charge in [-0.05, 0) is 50.1 Å². The second-order valence-electron chi connectivity index (χ2n) is 4.89. The van der Waals surface area contributed by atoms with Crippen molar-refractivity contribution >= 4 is 5.69 Å². The summed E-state index contributed by atoms with van der Waals surface area (Å²) in [7, 11) is 0. The molecule has 0 aliphatic rings. The minimum absolute atomic E-state index is 0.0962. The Morgan fingerprint density at radius 1 is 1.11 bits per heavy atom. The zero-order valence-corrected chi connectivity index (χ0v) is 11.4. The molecule has 0 radical (unpaired) electrons. The third-order valence-electron chi connectivity index (χ3n) is 3.22. The van der Waals surface area contributed by atoms with Crippen molar-refractivity contribution in [3.8, 4) is 5.75 Å². The molecule has 0 heterocycles. The molecule has 3 heteroatoms. The van der Waals surface area contributed by atoms with Crippen molar-refractivity contribution in [3.63, 3.8) is 0 Å². The van der Waals surface area contributed by atoms with Gasteiger partial charge in [-0.1, -0.05) is 18.2 Å². The monoisotopic (exact) mass is 259 g/mol. The van der Waals surface area contributed by atoms with E-state index in [0.29, 0.717) is 0 Å². The maximum atomic E-state index is 13.2. The lowest BCUT2D eigenvalue weighted by molar-refractivity contribution is 0.465. The minimum atomic E-state index is -0.270. The second kappa shape index (κ2) is 5.31. The van der Waals surface area contributed by atoms with E-state index in [1.165, 1.54) is 12.1 Å². The van der Waals surface area contributed by atoms with Crippen molar-refractivity contribution in [1.82, 2.24) is 0 Å².